The van der Waals surface area contributed by atoms with Crippen LogP contribution in [0.5, 0.6) is 0 Å². The van der Waals surface area contributed by atoms with Crippen molar-refractivity contribution in [3.8, 4) is 0 Å². The van der Waals surface area contributed by atoms with Gasteiger partial charge >= 0.3 is 0 Å². The maximum Gasteiger partial charge on any atom is 0.214 e. The van der Waals surface area contributed by atoms with Crippen LogP contribution in [0, 0.1) is 0 Å². The van der Waals surface area contributed by atoms with Gasteiger partial charge in [-0.15, -0.1) is 0 Å². The number of hydrogen-bond acceptors (Lipinski definition) is 6. The summed E-state index contributed by atoms with van der Waals surface area (Å²) in [6.45, 7) is 8.82. The topological polar surface area (TPSA) is 94.3 Å². The third kappa shape index (κ3) is 4.95. The lowest BCUT2D eigenvalue weighted by molar-refractivity contribution is 0.169. The lowest BCUT2D eigenvalue weighted by atomic mass is 10.3. The molecule has 3 rings (SSSR count). The van der Waals surface area contributed by atoms with E-state index in [-0.39, 0.29) is 5.75 Å². The summed E-state index contributed by atoms with van der Waals surface area (Å²) in [6, 6.07) is 1.89. The number of sulfonamides is 1. The van der Waals surface area contributed by atoms with Gasteiger partial charge < -0.3 is 14.7 Å². The van der Waals surface area contributed by atoms with Crippen molar-refractivity contribution in [2.75, 3.05) is 58.1 Å². The SMILES string of the molecule is CCNC(=NCCN1CCCS1(=O)=O)N1CCN(Cc2ccon2)CC1. The molecule has 0 aliphatic carbocycles. The Morgan fingerprint density at radius 3 is 2.73 bits per heavy atom. The Morgan fingerprint density at radius 1 is 1.31 bits per heavy atom. The highest BCUT2D eigenvalue weighted by Gasteiger charge is 2.27. The molecule has 0 bridgehead atoms. The van der Waals surface area contributed by atoms with Crippen LogP contribution in [0.4, 0.5) is 0 Å². The van der Waals surface area contributed by atoms with Crippen molar-refractivity contribution in [3.63, 3.8) is 0 Å². The molecule has 10 heteroatoms. The smallest absolute Gasteiger partial charge is 0.214 e. The van der Waals surface area contributed by atoms with Crippen molar-refractivity contribution in [2.45, 2.75) is 19.9 Å². The van der Waals surface area contributed by atoms with Crippen molar-refractivity contribution in [3.05, 3.63) is 18.0 Å². The quantitative estimate of drug-likeness (QED) is 0.536. The highest BCUT2D eigenvalue weighted by Crippen LogP contribution is 2.12. The summed E-state index contributed by atoms with van der Waals surface area (Å²) in [5.74, 6) is 1.13. The fourth-order valence-electron chi connectivity index (χ4n) is 3.30. The van der Waals surface area contributed by atoms with E-state index < -0.39 is 10.0 Å². The molecule has 0 saturated carbocycles. The Kier molecular flexibility index (Phi) is 6.49. The molecule has 0 aromatic carbocycles. The first-order valence-electron chi connectivity index (χ1n) is 9.21. The Morgan fingerprint density at radius 2 is 2.12 bits per heavy atom. The number of piperazine rings is 1. The normalized spacial score (nSPS) is 22.0. The first-order valence-corrected chi connectivity index (χ1v) is 10.8. The average molecular weight is 385 g/mol. The van der Waals surface area contributed by atoms with E-state index in [4.69, 9.17) is 4.52 Å². The molecule has 2 aliphatic heterocycles. The second-order valence-electron chi connectivity index (χ2n) is 6.56. The van der Waals surface area contributed by atoms with E-state index >= 15 is 0 Å². The van der Waals surface area contributed by atoms with Gasteiger partial charge in [0.1, 0.15) is 6.26 Å². The molecule has 146 valence electrons. The molecular weight excluding hydrogens is 356 g/mol. The zero-order valence-corrected chi connectivity index (χ0v) is 16.1. The highest BCUT2D eigenvalue weighted by atomic mass is 32.2. The molecular formula is C16H28N6O3S. The minimum atomic E-state index is -3.04. The Hall–Kier alpha value is -1.65. The summed E-state index contributed by atoms with van der Waals surface area (Å²) in [7, 11) is -3.04. The summed E-state index contributed by atoms with van der Waals surface area (Å²) in [5.41, 5.74) is 0.950. The molecule has 26 heavy (non-hydrogen) atoms. The van der Waals surface area contributed by atoms with Crippen molar-refractivity contribution >= 4 is 16.0 Å². The number of nitrogens with zero attached hydrogens (tertiary/aromatic N) is 5. The van der Waals surface area contributed by atoms with Crippen LogP contribution in [0.25, 0.3) is 0 Å². The van der Waals surface area contributed by atoms with Crippen LogP contribution in [-0.2, 0) is 16.6 Å². The first kappa shape index (κ1) is 19.1. The number of rotatable bonds is 6. The van der Waals surface area contributed by atoms with E-state index in [0.717, 1.165) is 57.3 Å². The van der Waals surface area contributed by atoms with Crippen molar-refractivity contribution < 1.29 is 12.9 Å². The Balaban J connectivity index is 1.49. The molecule has 0 radical (unpaired) electrons. The van der Waals surface area contributed by atoms with Gasteiger partial charge in [-0.3, -0.25) is 9.89 Å². The second kappa shape index (κ2) is 8.83. The maximum absolute atomic E-state index is 11.9. The number of hydrogen-bond donors (Lipinski definition) is 1. The standard InChI is InChI=1S/C16H28N6O3S/c1-2-17-16(18-5-7-22-6-3-13-26(22,23)24)21-10-8-20(9-11-21)14-15-4-12-25-19-15/h4,12H,2-3,5-11,13-14H2,1H3,(H,17,18). The van der Waals surface area contributed by atoms with Crippen LogP contribution in [0.15, 0.2) is 21.8 Å². The van der Waals surface area contributed by atoms with E-state index in [1.54, 1.807) is 10.6 Å². The number of aromatic nitrogens is 1. The Labute approximate surface area is 155 Å². The lowest BCUT2D eigenvalue weighted by Crippen LogP contribution is -2.52. The summed E-state index contributed by atoms with van der Waals surface area (Å²) in [6.07, 6.45) is 2.32. The zero-order chi connectivity index (χ0) is 18.4. The summed E-state index contributed by atoms with van der Waals surface area (Å²) < 4.78 is 30.2. The number of aliphatic imine (C=N–C) groups is 1. The van der Waals surface area contributed by atoms with Gasteiger partial charge in [-0.2, -0.15) is 0 Å². The molecule has 0 unspecified atom stereocenters. The van der Waals surface area contributed by atoms with Crippen LogP contribution in [0.3, 0.4) is 0 Å². The second-order valence-corrected chi connectivity index (χ2v) is 8.65. The molecule has 9 nitrogen and oxygen atoms in total. The lowest BCUT2D eigenvalue weighted by Gasteiger charge is -2.36. The molecule has 1 aromatic rings. The monoisotopic (exact) mass is 384 g/mol. The van der Waals surface area contributed by atoms with E-state index in [1.165, 1.54) is 0 Å². The molecule has 0 amide bonds. The molecule has 3 heterocycles. The highest BCUT2D eigenvalue weighted by molar-refractivity contribution is 7.89. The van der Waals surface area contributed by atoms with Crippen LogP contribution in [-0.4, -0.2) is 91.7 Å². The first-order chi connectivity index (χ1) is 12.6. The van der Waals surface area contributed by atoms with Crippen LogP contribution in [0.2, 0.25) is 0 Å². The summed E-state index contributed by atoms with van der Waals surface area (Å²) in [5, 5.41) is 7.28. The predicted molar refractivity (Wildman–Crippen MR) is 99.3 cm³/mol. The van der Waals surface area contributed by atoms with Crippen LogP contribution < -0.4 is 5.32 Å². The van der Waals surface area contributed by atoms with Gasteiger partial charge in [0.15, 0.2) is 5.96 Å². The van der Waals surface area contributed by atoms with Gasteiger partial charge in [-0.1, -0.05) is 5.16 Å². The van der Waals surface area contributed by atoms with E-state index in [0.29, 0.717) is 19.6 Å². The van der Waals surface area contributed by atoms with Crippen LogP contribution in [0.1, 0.15) is 19.0 Å². The van der Waals surface area contributed by atoms with Crippen molar-refractivity contribution in [1.82, 2.24) is 24.6 Å². The van der Waals surface area contributed by atoms with E-state index in [2.05, 4.69) is 25.3 Å². The van der Waals surface area contributed by atoms with Gasteiger partial charge in [0, 0.05) is 58.4 Å². The van der Waals surface area contributed by atoms with Crippen molar-refractivity contribution in [2.24, 2.45) is 4.99 Å². The van der Waals surface area contributed by atoms with Gasteiger partial charge in [-0.05, 0) is 13.3 Å². The minimum Gasteiger partial charge on any atom is -0.364 e. The molecule has 1 aromatic heterocycles. The van der Waals surface area contributed by atoms with Gasteiger partial charge in [0.05, 0.1) is 18.0 Å². The summed E-state index contributed by atoms with van der Waals surface area (Å²) >= 11 is 0. The fourth-order valence-corrected chi connectivity index (χ4v) is 4.82. The third-order valence-corrected chi connectivity index (χ3v) is 6.65. The minimum absolute atomic E-state index is 0.268. The van der Waals surface area contributed by atoms with Gasteiger partial charge in [0.25, 0.3) is 0 Å². The third-order valence-electron chi connectivity index (χ3n) is 4.70. The largest absolute Gasteiger partial charge is 0.364 e. The molecule has 0 spiro atoms. The molecule has 2 saturated heterocycles. The fraction of sp³-hybridized carbons (Fsp3) is 0.750. The average Bonchev–Trinajstić information content (AvgIpc) is 3.24. The molecule has 0 atom stereocenters. The predicted octanol–water partition coefficient (Wildman–Crippen LogP) is -0.207. The molecule has 1 N–H and O–H groups in total. The zero-order valence-electron chi connectivity index (χ0n) is 15.3. The molecule has 2 fully saturated rings. The number of guanidine groups is 1. The Bertz CT molecular complexity index is 683. The summed E-state index contributed by atoms with van der Waals surface area (Å²) in [4.78, 5) is 9.23. The van der Waals surface area contributed by atoms with E-state index in [1.807, 2.05) is 13.0 Å². The van der Waals surface area contributed by atoms with E-state index in [9.17, 15) is 8.42 Å². The number of nitrogens with one attached hydrogen (secondary N) is 1. The van der Waals surface area contributed by atoms with Gasteiger partial charge in [0.2, 0.25) is 10.0 Å². The van der Waals surface area contributed by atoms with Gasteiger partial charge in [-0.25, -0.2) is 12.7 Å². The van der Waals surface area contributed by atoms with Crippen molar-refractivity contribution in [1.29, 1.82) is 0 Å². The van der Waals surface area contributed by atoms with Crippen LogP contribution >= 0.6 is 0 Å². The maximum atomic E-state index is 11.9. The molecule has 2 aliphatic rings.